The molecular formula is C13H26O4. The lowest BCUT2D eigenvalue weighted by atomic mass is 9.87. The Bertz CT molecular complexity index is 236. The van der Waals surface area contributed by atoms with E-state index in [1.807, 2.05) is 34.6 Å². The van der Waals surface area contributed by atoms with Gasteiger partial charge in [-0.3, -0.25) is 0 Å². The summed E-state index contributed by atoms with van der Waals surface area (Å²) in [6, 6.07) is 0. The van der Waals surface area contributed by atoms with Gasteiger partial charge in [-0.05, 0) is 34.6 Å². The van der Waals surface area contributed by atoms with Crippen molar-refractivity contribution in [1.82, 2.24) is 0 Å². The monoisotopic (exact) mass is 246 g/mol. The van der Waals surface area contributed by atoms with Gasteiger partial charge in [0.15, 0.2) is 6.29 Å². The third-order valence-electron chi connectivity index (χ3n) is 3.21. The highest BCUT2D eigenvalue weighted by atomic mass is 16.7. The molecule has 1 heterocycles. The number of aliphatic hydroxyl groups excluding tert-OH is 1. The van der Waals surface area contributed by atoms with Crippen LogP contribution in [0.4, 0.5) is 0 Å². The SMILES string of the molecule is COC(C)C1C[C@H](OC(C)(C)C)O[C@@H](C)[C@@H]1O. The number of hydrogen-bond acceptors (Lipinski definition) is 4. The van der Waals surface area contributed by atoms with E-state index >= 15 is 0 Å². The Labute approximate surface area is 104 Å². The van der Waals surface area contributed by atoms with Crippen molar-refractivity contribution in [2.75, 3.05) is 7.11 Å². The van der Waals surface area contributed by atoms with E-state index in [-0.39, 0.29) is 30.0 Å². The van der Waals surface area contributed by atoms with Gasteiger partial charge in [0.25, 0.3) is 0 Å². The molecule has 0 aromatic carbocycles. The summed E-state index contributed by atoms with van der Waals surface area (Å²) in [5.41, 5.74) is -0.243. The standard InChI is InChI=1S/C13H26O4/c1-8(15-6)10-7-11(17-13(3,4)5)16-9(2)12(10)14/h8-12,14H,7H2,1-6H3/t8?,9-,10?,11-,12-/m0/s1. The lowest BCUT2D eigenvalue weighted by Gasteiger charge is -2.41. The fourth-order valence-corrected chi connectivity index (χ4v) is 2.20. The fraction of sp³-hybridized carbons (Fsp3) is 1.00. The number of hydrogen-bond donors (Lipinski definition) is 1. The highest BCUT2D eigenvalue weighted by molar-refractivity contribution is 4.85. The molecule has 4 nitrogen and oxygen atoms in total. The Kier molecular flexibility index (Phi) is 4.95. The predicted molar refractivity (Wildman–Crippen MR) is 65.8 cm³/mol. The highest BCUT2D eigenvalue weighted by Gasteiger charge is 2.39. The first kappa shape index (κ1) is 14.9. The van der Waals surface area contributed by atoms with Crippen LogP contribution in [0.3, 0.4) is 0 Å². The van der Waals surface area contributed by atoms with Gasteiger partial charge in [-0.1, -0.05) is 0 Å². The van der Waals surface area contributed by atoms with Crippen LogP contribution >= 0.6 is 0 Å². The fourth-order valence-electron chi connectivity index (χ4n) is 2.20. The van der Waals surface area contributed by atoms with E-state index in [4.69, 9.17) is 14.2 Å². The third-order valence-corrected chi connectivity index (χ3v) is 3.21. The van der Waals surface area contributed by atoms with Crippen LogP contribution < -0.4 is 0 Å². The minimum atomic E-state index is -0.496. The summed E-state index contributed by atoms with van der Waals surface area (Å²) in [6.45, 7) is 9.85. The zero-order valence-electron chi connectivity index (χ0n) is 11.8. The van der Waals surface area contributed by atoms with Crippen LogP contribution in [0.5, 0.6) is 0 Å². The summed E-state index contributed by atoms with van der Waals surface area (Å²) < 4.78 is 16.8. The molecule has 0 spiro atoms. The lowest BCUT2D eigenvalue weighted by Crippen LogP contribution is -2.49. The quantitative estimate of drug-likeness (QED) is 0.827. The topological polar surface area (TPSA) is 47.9 Å². The van der Waals surface area contributed by atoms with E-state index in [2.05, 4.69) is 0 Å². The lowest BCUT2D eigenvalue weighted by molar-refractivity contribution is -0.271. The molecule has 0 amide bonds. The van der Waals surface area contributed by atoms with Crippen molar-refractivity contribution < 1.29 is 19.3 Å². The summed E-state index contributed by atoms with van der Waals surface area (Å²) >= 11 is 0. The number of aliphatic hydroxyl groups is 1. The molecule has 0 aromatic heterocycles. The van der Waals surface area contributed by atoms with Gasteiger partial charge in [0, 0.05) is 19.4 Å². The minimum Gasteiger partial charge on any atom is -0.390 e. The third kappa shape index (κ3) is 4.21. The molecule has 2 unspecified atom stereocenters. The summed E-state index contributed by atoms with van der Waals surface area (Å²) in [7, 11) is 1.66. The van der Waals surface area contributed by atoms with E-state index in [1.165, 1.54) is 0 Å². The van der Waals surface area contributed by atoms with Crippen LogP contribution in [-0.4, -0.2) is 42.4 Å². The Morgan fingerprint density at radius 1 is 1.35 bits per heavy atom. The van der Waals surface area contributed by atoms with E-state index < -0.39 is 6.10 Å². The molecule has 17 heavy (non-hydrogen) atoms. The van der Waals surface area contributed by atoms with Gasteiger partial charge in [0.1, 0.15) is 0 Å². The molecule has 1 aliphatic rings. The van der Waals surface area contributed by atoms with Crippen molar-refractivity contribution in [2.45, 2.75) is 71.2 Å². The molecule has 0 aliphatic carbocycles. The predicted octanol–water partition coefficient (Wildman–Crippen LogP) is 1.95. The van der Waals surface area contributed by atoms with Crippen molar-refractivity contribution in [2.24, 2.45) is 5.92 Å². The maximum absolute atomic E-state index is 10.1. The molecular weight excluding hydrogens is 220 g/mol. The van der Waals surface area contributed by atoms with Crippen molar-refractivity contribution in [3.05, 3.63) is 0 Å². The van der Waals surface area contributed by atoms with Gasteiger partial charge < -0.3 is 19.3 Å². The first-order valence-corrected chi connectivity index (χ1v) is 6.28. The Morgan fingerprint density at radius 3 is 2.41 bits per heavy atom. The van der Waals surface area contributed by atoms with Gasteiger partial charge in [-0.15, -0.1) is 0 Å². The molecule has 0 radical (unpaired) electrons. The maximum atomic E-state index is 10.1. The van der Waals surface area contributed by atoms with E-state index in [1.54, 1.807) is 7.11 Å². The largest absolute Gasteiger partial charge is 0.390 e. The zero-order valence-corrected chi connectivity index (χ0v) is 11.8. The van der Waals surface area contributed by atoms with Gasteiger partial charge in [-0.25, -0.2) is 0 Å². The summed E-state index contributed by atoms with van der Waals surface area (Å²) in [5, 5.41) is 10.1. The Morgan fingerprint density at radius 2 is 1.94 bits per heavy atom. The molecule has 1 aliphatic heterocycles. The normalized spacial score (nSPS) is 36.9. The molecule has 4 heteroatoms. The van der Waals surface area contributed by atoms with Crippen LogP contribution in [-0.2, 0) is 14.2 Å². The molecule has 1 rings (SSSR count). The van der Waals surface area contributed by atoms with Crippen LogP contribution in [0.2, 0.25) is 0 Å². The number of ether oxygens (including phenoxy) is 3. The average molecular weight is 246 g/mol. The van der Waals surface area contributed by atoms with Crippen LogP contribution in [0.15, 0.2) is 0 Å². The van der Waals surface area contributed by atoms with Crippen LogP contribution in [0.1, 0.15) is 41.0 Å². The van der Waals surface area contributed by atoms with Gasteiger partial charge in [0.05, 0.1) is 23.9 Å². The summed E-state index contributed by atoms with van der Waals surface area (Å²) in [5.74, 6) is 0.0519. The van der Waals surface area contributed by atoms with Crippen molar-refractivity contribution in [1.29, 1.82) is 0 Å². The van der Waals surface area contributed by atoms with E-state index in [9.17, 15) is 5.11 Å². The molecule has 1 fully saturated rings. The van der Waals surface area contributed by atoms with Crippen LogP contribution in [0.25, 0.3) is 0 Å². The highest BCUT2D eigenvalue weighted by Crippen LogP contribution is 2.31. The molecule has 0 bridgehead atoms. The Hall–Kier alpha value is -0.160. The van der Waals surface area contributed by atoms with Gasteiger partial charge in [-0.2, -0.15) is 0 Å². The zero-order chi connectivity index (χ0) is 13.2. The maximum Gasteiger partial charge on any atom is 0.159 e. The molecule has 0 saturated carbocycles. The number of methoxy groups -OCH3 is 1. The second kappa shape index (κ2) is 5.65. The van der Waals surface area contributed by atoms with E-state index in [0.717, 1.165) is 0 Å². The van der Waals surface area contributed by atoms with Crippen LogP contribution in [0, 0.1) is 5.92 Å². The molecule has 102 valence electrons. The summed E-state index contributed by atoms with van der Waals surface area (Å²) in [4.78, 5) is 0. The first-order valence-electron chi connectivity index (χ1n) is 6.28. The van der Waals surface area contributed by atoms with Gasteiger partial charge >= 0.3 is 0 Å². The van der Waals surface area contributed by atoms with Crippen molar-refractivity contribution in [3.8, 4) is 0 Å². The molecule has 1 saturated heterocycles. The Balaban J connectivity index is 2.66. The summed E-state index contributed by atoms with van der Waals surface area (Å²) in [6.07, 6.45) is -0.320. The van der Waals surface area contributed by atoms with Crippen molar-refractivity contribution >= 4 is 0 Å². The minimum absolute atomic E-state index is 0.00224. The second-order valence-corrected chi connectivity index (χ2v) is 5.83. The molecule has 0 aromatic rings. The molecule has 1 N–H and O–H groups in total. The van der Waals surface area contributed by atoms with E-state index in [0.29, 0.717) is 6.42 Å². The average Bonchev–Trinajstić information content (AvgIpc) is 2.19. The van der Waals surface area contributed by atoms with Gasteiger partial charge in [0.2, 0.25) is 0 Å². The second-order valence-electron chi connectivity index (χ2n) is 5.83. The smallest absolute Gasteiger partial charge is 0.159 e. The first-order chi connectivity index (χ1) is 7.74. The van der Waals surface area contributed by atoms with Crippen molar-refractivity contribution in [3.63, 3.8) is 0 Å². The molecule has 5 atom stereocenters. The number of rotatable bonds is 3.